The number of amides is 1. The van der Waals surface area contributed by atoms with Gasteiger partial charge in [0.1, 0.15) is 10.6 Å². The molecule has 0 heterocycles. The third-order valence-corrected chi connectivity index (χ3v) is 6.18. The molecule has 0 spiro atoms. The number of benzene rings is 2. The Bertz CT molecular complexity index is 951. The zero-order valence-corrected chi connectivity index (χ0v) is 17.5. The molecule has 0 saturated heterocycles. The number of likely N-dealkylation sites (N-methyl/N-ethyl adjacent to an activating group) is 1. The molecule has 2 rings (SSSR count). The minimum absolute atomic E-state index is 0.0875. The highest BCUT2D eigenvalue weighted by molar-refractivity contribution is 7.89. The predicted octanol–water partition coefficient (Wildman–Crippen LogP) is 3.53. The second-order valence-electron chi connectivity index (χ2n) is 6.38. The van der Waals surface area contributed by atoms with Crippen molar-refractivity contribution in [3.63, 3.8) is 0 Å². The summed E-state index contributed by atoms with van der Waals surface area (Å²) in [6.45, 7) is 5.43. The number of ether oxygens (including phenoxy) is 1. The maximum Gasteiger partial charge on any atom is 0.247 e. The highest BCUT2D eigenvalue weighted by atomic mass is 35.5. The van der Waals surface area contributed by atoms with Crippen molar-refractivity contribution < 1.29 is 17.9 Å². The Morgan fingerprint density at radius 2 is 1.74 bits per heavy atom. The summed E-state index contributed by atoms with van der Waals surface area (Å²) in [6, 6.07) is 8.23. The number of nitrogens with zero attached hydrogens (tertiary/aromatic N) is 1. The molecular weight excluding hydrogens is 388 g/mol. The average molecular weight is 411 g/mol. The van der Waals surface area contributed by atoms with E-state index in [9.17, 15) is 13.2 Å². The molecule has 0 aliphatic heterocycles. The molecule has 146 valence electrons. The van der Waals surface area contributed by atoms with Crippen LogP contribution < -0.4 is 10.1 Å². The lowest BCUT2D eigenvalue weighted by Crippen LogP contribution is -2.35. The molecule has 0 aromatic heterocycles. The molecule has 8 heteroatoms. The van der Waals surface area contributed by atoms with Crippen LogP contribution in [0.4, 0.5) is 5.69 Å². The van der Waals surface area contributed by atoms with Gasteiger partial charge in [-0.1, -0.05) is 29.3 Å². The van der Waals surface area contributed by atoms with E-state index >= 15 is 0 Å². The molecule has 2 aromatic carbocycles. The fraction of sp³-hybridized carbons (Fsp3) is 0.316. The Labute approximate surface area is 165 Å². The molecule has 27 heavy (non-hydrogen) atoms. The van der Waals surface area contributed by atoms with Gasteiger partial charge in [0.05, 0.1) is 13.7 Å². The van der Waals surface area contributed by atoms with Crippen LogP contribution >= 0.6 is 11.6 Å². The number of hydrogen-bond donors (Lipinski definition) is 1. The first-order chi connectivity index (χ1) is 12.6. The molecule has 0 saturated carbocycles. The number of sulfonamides is 1. The molecule has 0 bridgehead atoms. The van der Waals surface area contributed by atoms with E-state index in [1.807, 2.05) is 32.9 Å². The van der Waals surface area contributed by atoms with Crippen LogP contribution in [-0.2, 0) is 14.8 Å². The number of rotatable bonds is 6. The van der Waals surface area contributed by atoms with Gasteiger partial charge in [-0.05, 0) is 50.1 Å². The van der Waals surface area contributed by atoms with Crippen LogP contribution in [-0.4, -0.2) is 39.3 Å². The molecule has 0 radical (unpaired) electrons. The van der Waals surface area contributed by atoms with Crippen molar-refractivity contribution in [2.75, 3.05) is 26.0 Å². The zero-order valence-electron chi connectivity index (χ0n) is 16.0. The Morgan fingerprint density at radius 1 is 1.15 bits per heavy atom. The van der Waals surface area contributed by atoms with Crippen LogP contribution in [0.1, 0.15) is 16.7 Å². The minimum atomic E-state index is -3.96. The number of nitrogens with one attached hydrogen (secondary N) is 1. The van der Waals surface area contributed by atoms with Gasteiger partial charge in [0.25, 0.3) is 0 Å². The predicted molar refractivity (Wildman–Crippen MR) is 107 cm³/mol. The van der Waals surface area contributed by atoms with Gasteiger partial charge in [-0.25, -0.2) is 8.42 Å². The van der Waals surface area contributed by atoms with Gasteiger partial charge in [0, 0.05) is 17.8 Å². The summed E-state index contributed by atoms with van der Waals surface area (Å²) < 4.78 is 31.8. The average Bonchev–Trinajstić information content (AvgIpc) is 2.57. The quantitative estimate of drug-likeness (QED) is 0.790. The number of halogens is 1. The normalized spacial score (nSPS) is 11.5. The van der Waals surface area contributed by atoms with Crippen LogP contribution in [0.3, 0.4) is 0 Å². The molecule has 0 aliphatic rings. The number of anilines is 1. The van der Waals surface area contributed by atoms with E-state index in [2.05, 4.69) is 5.32 Å². The van der Waals surface area contributed by atoms with Gasteiger partial charge in [-0.3, -0.25) is 4.79 Å². The number of hydrogen-bond acceptors (Lipinski definition) is 4. The van der Waals surface area contributed by atoms with Crippen LogP contribution in [0, 0.1) is 20.8 Å². The topological polar surface area (TPSA) is 75.7 Å². The van der Waals surface area contributed by atoms with Crippen molar-refractivity contribution in [3.8, 4) is 5.75 Å². The summed E-state index contributed by atoms with van der Waals surface area (Å²) in [5.41, 5.74) is 3.62. The number of aryl methyl sites for hydroxylation is 3. The maximum atomic E-state index is 12.8. The van der Waals surface area contributed by atoms with E-state index in [-0.39, 0.29) is 22.2 Å². The molecule has 6 nitrogen and oxygen atoms in total. The van der Waals surface area contributed by atoms with Crippen molar-refractivity contribution in [1.82, 2.24) is 4.31 Å². The first-order valence-corrected chi connectivity index (χ1v) is 10.1. The van der Waals surface area contributed by atoms with Crippen LogP contribution in [0.15, 0.2) is 35.2 Å². The van der Waals surface area contributed by atoms with Crippen molar-refractivity contribution in [1.29, 1.82) is 0 Å². The fourth-order valence-corrected chi connectivity index (χ4v) is 4.40. The highest BCUT2D eigenvalue weighted by Crippen LogP contribution is 2.29. The third kappa shape index (κ3) is 4.80. The Kier molecular flexibility index (Phi) is 6.51. The van der Waals surface area contributed by atoms with Crippen molar-refractivity contribution in [3.05, 3.63) is 52.0 Å². The fourth-order valence-electron chi connectivity index (χ4n) is 2.86. The summed E-state index contributed by atoms with van der Waals surface area (Å²) in [5, 5.41) is 3.06. The lowest BCUT2D eigenvalue weighted by Gasteiger charge is -2.19. The monoisotopic (exact) mass is 410 g/mol. The lowest BCUT2D eigenvalue weighted by atomic mass is 10.1. The van der Waals surface area contributed by atoms with Crippen molar-refractivity contribution >= 4 is 33.2 Å². The summed E-state index contributed by atoms with van der Waals surface area (Å²) in [7, 11) is -1.25. The van der Waals surface area contributed by atoms with E-state index in [4.69, 9.17) is 16.3 Å². The highest BCUT2D eigenvalue weighted by Gasteiger charge is 2.27. The minimum Gasteiger partial charge on any atom is -0.495 e. The number of methoxy groups -OCH3 is 1. The largest absolute Gasteiger partial charge is 0.495 e. The molecule has 0 fully saturated rings. The summed E-state index contributed by atoms with van der Waals surface area (Å²) in [6.07, 6.45) is 0. The lowest BCUT2D eigenvalue weighted by molar-refractivity contribution is -0.116. The van der Waals surface area contributed by atoms with E-state index in [1.54, 1.807) is 0 Å². The molecule has 0 unspecified atom stereocenters. The maximum absolute atomic E-state index is 12.8. The van der Waals surface area contributed by atoms with Gasteiger partial charge in [-0.15, -0.1) is 0 Å². The Hall–Kier alpha value is -2.09. The van der Waals surface area contributed by atoms with Gasteiger partial charge in [0.15, 0.2) is 0 Å². The number of carbonyl (C=O) groups excluding carboxylic acids is 1. The summed E-state index contributed by atoms with van der Waals surface area (Å²) in [4.78, 5) is 12.3. The van der Waals surface area contributed by atoms with Gasteiger partial charge in [0.2, 0.25) is 15.9 Å². The van der Waals surface area contributed by atoms with Crippen LogP contribution in [0.2, 0.25) is 5.02 Å². The van der Waals surface area contributed by atoms with E-state index < -0.39 is 15.9 Å². The first-order valence-electron chi connectivity index (χ1n) is 8.24. The van der Waals surface area contributed by atoms with E-state index in [1.165, 1.54) is 32.4 Å². The Morgan fingerprint density at radius 3 is 2.30 bits per heavy atom. The van der Waals surface area contributed by atoms with E-state index in [0.29, 0.717) is 5.69 Å². The van der Waals surface area contributed by atoms with Gasteiger partial charge in [-0.2, -0.15) is 4.31 Å². The zero-order chi connectivity index (χ0) is 20.4. The smallest absolute Gasteiger partial charge is 0.247 e. The first kappa shape index (κ1) is 21.2. The molecule has 0 aliphatic carbocycles. The molecule has 1 amide bonds. The second kappa shape index (κ2) is 8.29. The second-order valence-corrected chi connectivity index (χ2v) is 8.83. The summed E-state index contributed by atoms with van der Waals surface area (Å²) in [5.74, 6) is -0.269. The standard InChI is InChI=1S/C19H23ClN2O4S/c1-12-8-13(2)19(14(3)9-12)21-18(23)11-22(4)27(24,25)17-10-15(20)6-7-16(17)26-5/h6-10H,11H2,1-5H3,(H,21,23). The third-order valence-electron chi connectivity index (χ3n) is 4.12. The Balaban J connectivity index is 2.23. The SMILES string of the molecule is COc1ccc(Cl)cc1S(=O)(=O)N(C)CC(=O)Nc1c(C)cc(C)cc1C. The van der Waals surface area contributed by atoms with Crippen molar-refractivity contribution in [2.24, 2.45) is 0 Å². The van der Waals surface area contributed by atoms with Gasteiger partial charge < -0.3 is 10.1 Å². The molecule has 2 aromatic rings. The van der Waals surface area contributed by atoms with Crippen LogP contribution in [0.5, 0.6) is 5.75 Å². The van der Waals surface area contributed by atoms with Gasteiger partial charge >= 0.3 is 0 Å². The summed E-state index contributed by atoms with van der Waals surface area (Å²) >= 11 is 5.93. The molecular formula is C19H23ClN2O4S. The van der Waals surface area contributed by atoms with E-state index in [0.717, 1.165) is 21.0 Å². The molecule has 1 N–H and O–H groups in total. The number of carbonyl (C=O) groups is 1. The van der Waals surface area contributed by atoms with Crippen molar-refractivity contribution in [2.45, 2.75) is 25.7 Å². The van der Waals surface area contributed by atoms with Crippen LogP contribution in [0.25, 0.3) is 0 Å². The molecule has 0 atom stereocenters.